The molecule has 138 valence electrons. The summed E-state index contributed by atoms with van der Waals surface area (Å²) in [5.41, 5.74) is 0.816. The lowest BCUT2D eigenvalue weighted by molar-refractivity contribution is -0.128. The molecule has 1 fully saturated rings. The molecule has 25 heavy (non-hydrogen) atoms. The Labute approximate surface area is 164 Å². The average Bonchev–Trinajstić information content (AvgIpc) is 2.55. The van der Waals surface area contributed by atoms with E-state index in [1.165, 1.54) is 0 Å². The van der Waals surface area contributed by atoms with Gasteiger partial charge < -0.3 is 10.6 Å². The summed E-state index contributed by atoms with van der Waals surface area (Å²) < 4.78 is 1.09. The standard InChI is InChI=1S/C19H28IN3O2/c1-3-6-14(2)21-19(25)15-7-5-10-23(12-15)13-18(24)22-17-9-4-8-16(20)11-17/h4,8-9,11,14-15H,3,5-7,10,12-13H2,1-2H3,(H,21,25)(H,22,24). The smallest absolute Gasteiger partial charge is 0.238 e. The van der Waals surface area contributed by atoms with Gasteiger partial charge in [0, 0.05) is 21.8 Å². The van der Waals surface area contributed by atoms with E-state index in [9.17, 15) is 9.59 Å². The monoisotopic (exact) mass is 457 g/mol. The summed E-state index contributed by atoms with van der Waals surface area (Å²) in [6.45, 7) is 6.03. The Balaban J connectivity index is 1.82. The van der Waals surface area contributed by atoms with E-state index in [1.54, 1.807) is 0 Å². The molecule has 0 spiro atoms. The van der Waals surface area contributed by atoms with E-state index in [0.29, 0.717) is 13.1 Å². The Hall–Kier alpha value is -1.15. The van der Waals surface area contributed by atoms with Crippen molar-refractivity contribution in [2.24, 2.45) is 5.92 Å². The molecule has 0 aliphatic carbocycles. The van der Waals surface area contributed by atoms with Gasteiger partial charge in [0.2, 0.25) is 11.8 Å². The molecule has 2 atom stereocenters. The Morgan fingerprint density at radius 2 is 2.20 bits per heavy atom. The molecule has 0 aromatic heterocycles. The van der Waals surface area contributed by atoms with Crippen LogP contribution in [0.25, 0.3) is 0 Å². The lowest BCUT2D eigenvalue weighted by atomic mass is 9.96. The highest BCUT2D eigenvalue weighted by Crippen LogP contribution is 2.18. The molecule has 2 N–H and O–H groups in total. The maximum absolute atomic E-state index is 12.4. The highest BCUT2D eigenvalue weighted by atomic mass is 127. The van der Waals surface area contributed by atoms with Gasteiger partial charge in [0.15, 0.2) is 0 Å². The predicted octanol–water partition coefficient (Wildman–Crippen LogP) is 3.25. The molecule has 1 saturated heterocycles. The summed E-state index contributed by atoms with van der Waals surface area (Å²) in [5.74, 6) is 0.0876. The summed E-state index contributed by atoms with van der Waals surface area (Å²) in [4.78, 5) is 26.8. The fraction of sp³-hybridized carbons (Fsp3) is 0.579. The Bertz CT molecular complexity index is 594. The fourth-order valence-corrected chi connectivity index (χ4v) is 3.79. The van der Waals surface area contributed by atoms with E-state index in [-0.39, 0.29) is 23.8 Å². The summed E-state index contributed by atoms with van der Waals surface area (Å²) in [5, 5.41) is 6.04. The second-order valence-corrected chi connectivity index (χ2v) is 8.08. The SMILES string of the molecule is CCCC(C)NC(=O)C1CCCN(CC(=O)Nc2cccc(I)c2)C1. The fourth-order valence-electron chi connectivity index (χ4n) is 3.25. The van der Waals surface area contributed by atoms with Crippen molar-refractivity contribution >= 4 is 40.1 Å². The lowest BCUT2D eigenvalue weighted by Gasteiger charge is -2.32. The van der Waals surface area contributed by atoms with Crippen molar-refractivity contribution in [1.82, 2.24) is 10.2 Å². The first kappa shape index (κ1) is 20.2. The molecular weight excluding hydrogens is 429 g/mol. The summed E-state index contributed by atoms with van der Waals surface area (Å²) in [6.07, 6.45) is 3.92. The van der Waals surface area contributed by atoms with E-state index in [0.717, 1.165) is 41.5 Å². The number of nitrogens with zero attached hydrogens (tertiary/aromatic N) is 1. The van der Waals surface area contributed by atoms with Crippen LogP contribution in [0.5, 0.6) is 0 Å². The van der Waals surface area contributed by atoms with Gasteiger partial charge in [0.05, 0.1) is 12.5 Å². The lowest BCUT2D eigenvalue weighted by Crippen LogP contribution is -2.47. The van der Waals surface area contributed by atoms with Gasteiger partial charge in [-0.05, 0) is 73.5 Å². The molecule has 2 unspecified atom stereocenters. The highest BCUT2D eigenvalue weighted by molar-refractivity contribution is 14.1. The minimum atomic E-state index is -0.0255. The van der Waals surface area contributed by atoms with E-state index in [1.807, 2.05) is 24.3 Å². The summed E-state index contributed by atoms with van der Waals surface area (Å²) in [7, 11) is 0. The van der Waals surface area contributed by atoms with Crippen LogP contribution in [0.2, 0.25) is 0 Å². The van der Waals surface area contributed by atoms with Crippen molar-refractivity contribution in [2.45, 2.75) is 45.6 Å². The maximum atomic E-state index is 12.4. The van der Waals surface area contributed by atoms with Crippen molar-refractivity contribution in [3.05, 3.63) is 27.8 Å². The molecule has 1 aliphatic rings. The zero-order valence-electron chi connectivity index (χ0n) is 15.1. The number of benzene rings is 1. The number of hydrogen-bond donors (Lipinski definition) is 2. The number of carbonyl (C=O) groups excluding carboxylic acids is 2. The Morgan fingerprint density at radius 1 is 1.40 bits per heavy atom. The van der Waals surface area contributed by atoms with E-state index in [2.05, 4.69) is 52.0 Å². The molecule has 1 aliphatic heterocycles. The van der Waals surface area contributed by atoms with Crippen LogP contribution < -0.4 is 10.6 Å². The first-order valence-electron chi connectivity index (χ1n) is 9.06. The van der Waals surface area contributed by atoms with Crippen molar-refractivity contribution in [1.29, 1.82) is 0 Å². The van der Waals surface area contributed by atoms with Crippen molar-refractivity contribution in [3.63, 3.8) is 0 Å². The number of carbonyl (C=O) groups is 2. The highest BCUT2D eigenvalue weighted by Gasteiger charge is 2.27. The number of halogens is 1. The molecule has 1 aromatic carbocycles. The van der Waals surface area contributed by atoms with Crippen LogP contribution in [-0.4, -0.2) is 42.4 Å². The Kier molecular flexibility index (Phi) is 8.15. The van der Waals surface area contributed by atoms with Gasteiger partial charge in [0.1, 0.15) is 0 Å². The van der Waals surface area contributed by atoms with Crippen molar-refractivity contribution in [3.8, 4) is 0 Å². The topological polar surface area (TPSA) is 61.4 Å². The van der Waals surface area contributed by atoms with Crippen LogP contribution >= 0.6 is 22.6 Å². The van der Waals surface area contributed by atoms with Crippen LogP contribution in [-0.2, 0) is 9.59 Å². The third-order valence-electron chi connectivity index (χ3n) is 4.46. The number of piperidine rings is 1. The van der Waals surface area contributed by atoms with Crippen LogP contribution in [0.1, 0.15) is 39.5 Å². The van der Waals surface area contributed by atoms with Crippen molar-refractivity contribution < 1.29 is 9.59 Å². The van der Waals surface area contributed by atoms with Gasteiger partial charge in [-0.15, -0.1) is 0 Å². The zero-order valence-corrected chi connectivity index (χ0v) is 17.2. The molecule has 2 rings (SSSR count). The number of rotatable bonds is 7. The molecular formula is C19H28IN3O2. The first-order chi connectivity index (χ1) is 12.0. The summed E-state index contributed by atoms with van der Waals surface area (Å²) >= 11 is 2.23. The number of anilines is 1. The molecule has 1 aromatic rings. The van der Waals surface area contributed by atoms with Gasteiger partial charge in [-0.2, -0.15) is 0 Å². The molecule has 6 heteroatoms. The average molecular weight is 457 g/mol. The van der Waals surface area contributed by atoms with Crippen LogP contribution in [0.3, 0.4) is 0 Å². The summed E-state index contributed by atoms with van der Waals surface area (Å²) in [6, 6.07) is 7.97. The van der Waals surface area contributed by atoms with E-state index >= 15 is 0 Å². The number of likely N-dealkylation sites (tertiary alicyclic amines) is 1. The molecule has 0 saturated carbocycles. The predicted molar refractivity (Wildman–Crippen MR) is 109 cm³/mol. The molecule has 1 heterocycles. The van der Waals surface area contributed by atoms with E-state index in [4.69, 9.17) is 0 Å². The van der Waals surface area contributed by atoms with Crippen molar-refractivity contribution in [2.75, 3.05) is 25.0 Å². The minimum absolute atomic E-state index is 0.0153. The number of nitrogens with one attached hydrogen (secondary N) is 2. The zero-order chi connectivity index (χ0) is 18.2. The normalized spacial score (nSPS) is 19.2. The van der Waals surface area contributed by atoms with Crippen LogP contribution in [0.15, 0.2) is 24.3 Å². The minimum Gasteiger partial charge on any atom is -0.353 e. The second kappa shape index (κ2) is 10.1. The van der Waals surface area contributed by atoms with E-state index < -0.39 is 0 Å². The van der Waals surface area contributed by atoms with Gasteiger partial charge >= 0.3 is 0 Å². The second-order valence-electron chi connectivity index (χ2n) is 6.83. The van der Waals surface area contributed by atoms with Crippen LogP contribution in [0.4, 0.5) is 5.69 Å². The largest absolute Gasteiger partial charge is 0.353 e. The third-order valence-corrected chi connectivity index (χ3v) is 5.13. The maximum Gasteiger partial charge on any atom is 0.238 e. The van der Waals surface area contributed by atoms with Gasteiger partial charge in [-0.3, -0.25) is 14.5 Å². The third kappa shape index (κ3) is 6.93. The van der Waals surface area contributed by atoms with Gasteiger partial charge in [-0.25, -0.2) is 0 Å². The number of hydrogen-bond acceptors (Lipinski definition) is 3. The molecule has 0 radical (unpaired) electrons. The van der Waals surface area contributed by atoms with Gasteiger partial charge in [0.25, 0.3) is 0 Å². The quantitative estimate of drug-likeness (QED) is 0.619. The molecule has 0 bridgehead atoms. The van der Waals surface area contributed by atoms with Gasteiger partial charge in [-0.1, -0.05) is 19.4 Å². The Morgan fingerprint density at radius 3 is 2.92 bits per heavy atom. The van der Waals surface area contributed by atoms with Crippen LogP contribution in [0, 0.1) is 9.49 Å². The molecule has 5 nitrogen and oxygen atoms in total. The first-order valence-corrected chi connectivity index (χ1v) is 10.1. The number of amides is 2. The molecule has 2 amide bonds.